The fraction of sp³-hybridized carbons (Fsp3) is 0.417. The Morgan fingerprint density at radius 2 is 1.62 bits per heavy atom. The van der Waals surface area contributed by atoms with E-state index in [-0.39, 0.29) is 29.6 Å². The quantitative estimate of drug-likeness (QED) is 0.520. The van der Waals surface area contributed by atoms with Crippen molar-refractivity contribution < 1.29 is 19.2 Å². The Morgan fingerprint density at radius 3 is 2.41 bits per heavy atom. The van der Waals surface area contributed by atoms with Crippen molar-refractivity contribution in [3.05, 3.63) is 59.9 Å². The Kier molecular flexibility index (Phi) is 9.22. The summed E-state index contributed by atoms with van der Waals surface area (Å²) in [5.74, 6) is -1.42. The van der Waals surface area contributed by atoms with Gasteiger partial charge in [-0.3, -0.25) is 24.1 Å². The molecule has 1 heterocycles. The van der Waals surface area contributed by atoms with E-state index in [1.165, 1.54) is 19.1 Å². The van der Waals surface area contributed by atoms with E-state index in [9.17, 15) is 19.2 Å². The highest BCUT2D eigenvalue weighted by molar-refractivity contribution is 6.21. The minimum Gasteiger partial charge on any atom is -0.298 e. The molecule has 0 atom stereocenters. The van der Waals surface area contributed by atoms with Gasteiger partial charge in [0.25, 0.3) is 5.91 Å². The number of hydrogen-bond acceptors (Lipinski definition) is 4. The Morgan fingerprint density at radius 1 is 0.897 bits per heavy atom. The van der Waals surface area contributed by atoms with E-state index in [2.05, 4.69) is 12.2 Å². The van der Waals surface area contributed by atoms with Crippen LogP contribution in [0.15, 0.2) is 59.9 Å². The molecule has 0 aromatic rings. The van der Waals surface area contributed by atoms with Gasteiger partial charge in [0, 0.05) is 17.7 Å². The second kappa shape index (κ2) is 11.9. The number of fused-ring (bicyclic) bond motifs is 2. The van der Waals surface area contributed by atoms with Gasteiger partial charge >= 0.3 is 0 Å². The molecule has 0 N–H and O–H groups in total. The van der Waals surface area contributed by atoms with E-state index in [4.69, 9.17) is 0 Å². The molecule has 1 aliphatic heterocycles. The summed E-state index contributed by atoms with van der Waals surface area (Å²) in [5, 5.41) is 0. The van der Waals surface area contributed by atoms with Crippen LogP contribution in [-0.2, 0) is 19.2 Å². The van der Waals surface area contributed by atoms with Crippen LogP contribution in [0.4, 0.5) is 0 Å². The van der Waals surface area contributed by atoms with Crippen LogP contribution in [0, 0.1) is 0 Å². The molecule has 0 unspecified atom stereocenters. The monoisotopic (exact) mass is 395 g/mol. The third-order valence-electron chi connectivity index (χ3n) is 4.78. The molecule has 5 heteroatoms. The number of rotatable bonds is 2. The van der Waals surface area contributed by atoms with E-state index in [1.807, 2.05) is 6.08 Å². The number of Topliss-reactive ketones (excluding diaryl/α,β-unsaturated/α-hetero) is 2. The molecule has 154 valence electrons. The first kappa shape index (κ1) is 22.5. The summed E-state index contributed by atoms with van der Waals surface area (Å²) in [7, 11) is 0. The van der Waals surface area contributed by atoms with Crippen molar-refractivity contribution >= 4 is 23.3 Å². The number of ketones is 3. The standard InChI is InChI=1S/C24H29NO4/c1-19(26)18-25-22-17-21(27)16-20(24(22)29)14-12-10-8-6-4-2-3-5-7-9-11-13-15-23(25)28/h2-3,9,11,13,15-17H,4-8,10,12,14,18H2,1H3/b3-2+,11-9+,15-13+. The third kappa shape index (κ3) is 7.60. The van der Waals surface area contributed by atoms with Crippen molar-refractivity contribution in [3.8, 4) is 0 Å². The number of nitrogens with zero attached hydrogens (tertiary/aromatic N) is 1. The average Bonchev–Trinajstić information content (AvgIpc) is 2.67. The Bertz CT molecular complexity index is 796. The number of amides is 1. The summed E-state index contributed by atoms with van der Waals surface area (Å²) in [6, 6.07) is 0. The normalized spacial score (nSPS) is 23.2. The summed E-state index contributed by atoms with van der Waals surface area (Å²) in [6.07, 6.45) is 20.9. The van der Waals surface area contributed by atoms with E-state index in [0.29, 0.717) is 12.0 Å². The topological polar surface area (TPSA) is 71.5 Å². The first-order valence-corrected chi connectivity index (χ1v) is 10.3. The number of hydrogen-bond donors (Lipinski definition) is 0. The van der Waals surface area contributed by atoms with E-state index in [0.717, 1.165) is 55.9 Å². The Balaban J connectivity index is 2.26. The molecule has 0 radical (unpaired) electrons. The van der Waals surface area contributed by atoms with E-state index >= 15 is 0 Å². The first-order chi connectivity index (χ1) is 14.0. The summed E-state index contributed by atoms with van der Waals surface area (Å²) in [4.78, 5) is 50.5. The largest absolute Gasteiger partial charge is 0.298 e. The fourth-order valence-electron chi connectivity index (χ4n) is 3.30. The van der Waals surface area contributed by atoms with Gasteiger partial charge in [0.2, 0.25) is 5.78 Å². The molecule has 2 aliphatic rings. The fourth-order valence-corrected chi connectivity index (χ4v) is 3.30. The molecule has 1 amide bonds. The van der Waals surface area contributed by atoms with Gasteiger partial charge in [-0.2, -0.15) is 0 Å². The summed E-state index contributed by atoms with van der Waals surface area (Å²) in [5.41, 5.74) is 0.402. The number of allylic oxidation sites excluding steroid dienone is 8. The maximum atomic E-state index is 12.9. The maximum Gasteiger partial charge on any atom is 0.251 e. The molecule has 0 saturated carbocycles. The smallest absolute Gasteiger partial charge is 0.251 e. The second-order valence-electron chi connectivity index (χ2n) is 7.35. The molecule has 0 spiro atoms. The van der Waals surface area contributed by atoms with Gasteiger partial charge in [0.15, 0.2) is 5.78 Å². The molecule has 2 bridgehead atoms. The van der Waals surface area contributed by atoms with E-state index < -0.39 is 5.91 Å². The lowest BCUT2D eigenvalue weighted by Gasteiger charge is -2.24. The van der Waals surface area contributed by atoms with Gasteiger partial charge in [-0.05, 0) is 51.5 Å². The van der Waals surface area contributed by atoms with Gasteiger partial charge in [-0.25, -0.2) is 0 Å². The first-order valence-electron chi connectivity index (χ1n) is 10.3. The highest BCUT2D eigenvalue weighted by Gasteiger charge is 2.29. The van der Waals surface area contributed by atoms with Gasteiger partial charge in [-0.1, -0.05) is 43.2 Å². The molecule has 0 fully saturated rings. The van der Waals surface area contributed by atoms with Gasteiger partial charge in [0.1, 0.15) is 5.78 Å². The van der Waals surface area contributed by atoms with Crippen molar-refractivity contribution in [1.29, 1.82) is 0 Å². The van der Waals surface area contributed by atoms with Crippen LogP contribution in [0.25, 0.3) is 0 Å². The molecule has 0 aromatic carbocycles. The molecule has 1 aliphatic carbocycles. The number of carbonyl (C=O) groups excluding carboxylic acids is 4. The van der Waals surface area contributed by atoms with Crippen LogP contribution in [-0.4, -0.2) is 34.7 Å². The van der Waals surface area contributed by atoms with Crippen LogP contribution in [0.1, 0.15) is 58.3 Å². The zero-order valence-corrected chi connectivity index (χ0v) is 17.1. The lowest BCUT2D eigenvalue weighted by molar-refractivity contribution is -0.131. The minimum atomic E-state index is -0.490. The second-order valence-corrected chi connectivity index (χ2v) is 7.35. The summed E-state index contributed by atoms with van der Waals surface area (Å²) < 4.78 is 0. The molecular formula is C24H29NO4. The van der Waals surface area contributed by atoms with Gasteiger partial charge in [-0.15, -0.1) is 0 Å². The SMILES string of the molecule is CC(=O)CN1C(=O)/C=C/C=C/CC/C=C/CCCCCCC2=CC(=O)C=C1C2=O. The van der Waals surface area contributed by atoms with Crippen LogP contribution < -0.4 is 0 Å². The number of carbonyl (C=O) groups is 4. The third-order valence-corrected chi connectivity index (χ3v) is 4.78. The molecule has 5 nitrogen and oxygen atoms in total. The lowest BCUT2D eigenvalue weighted by atomic mass is 9.94. The van der Waals surface area contributed by atoms with E-state index in [1.54, 1.807) is 12.2 Å². The zero-order chi connectivity index (χ0) is 21.1. The van der Waals surface area contributed by atoms with Crippen LogP contribution >= 0.6 is 0 Å². The van der Waals surface area contributed by atoms with Crippen molar-refractivity contribution in [2.45, 2.75) is 58.3 Å². The summed E-state index contributed by atoms with van der Waals surface area (Å²) in [6.45, 7) is 1.11. The Hall–Kier alpha value is -2.82. The van der Waals surface area contributed by atoms with Crippen molar-refractivity contribution in [1.82, 2.24) is 4.90 Å². The van der Waals surface area contributed by atoms with Crippen LogP contribution in [0.2, 0.25) is 0 Å². The predicted octanol–water partition coefficient (Wildman–Crippen LogP) is 4.17. The molecule has 0 saturated heterocycles. The lowest BCUT2D eigenvalue weighted by Crippen LogP contribution is -2.38. The highest BCUT2D eigenvalue weighted by atomic mass is 16.2. The zero-order valence-electron chi connectivity index (χ0n) is 17.1. The van der Waals surface area contributed by atoms with Crippen molar-refractivity contribution in [2.75, 3.05) is 6.54 Å². The molecular weight excluding hydrogens is 366 g/mol. The predicted molar refractivity (Wildman–Crippen MR) is 113 cm³/mol. The van der Waals surface area contributed by atoms with Gasteiger partial charge < -0.3 is 0 Å². The maximum absolute atomic E-state index is 12.9. The molecule has 2 rings (SSSR count). The van der Waals surface area contributed by atoms with Crippen molar-refractivity contribution in [2.24, 2.45) is 0 Å². The molecule has 29 heavy (non-hydrogen) atoms. The van der Waals surface area contributed by atoms with Crippen molar-refractivity contribution in [3.63, 3.8) is 0 Å². The summed E-state index contributed by atoms with van der Waals surface area (Å²) >= 11 is 0. The Labute approximate surface area is 172 Å². The molecule has 0 aromatic heterocycles. The highest BCUT2D eigenvalue weighted by Crippen LogP contribution is 2.22. The van der Waals surface area contributed by atoms with Gasteiger partial charge in [0.05, 0.1) is 12.2 Å². The average molecular weight is 395 g/mol. The minimum absolute atomic E-state index is 0.0107. The van der Waals surface area contributed by atoms with Crippen LogP contribution in [0.5, 0.6) is 0 Å². The van der Waals surface area contributed by atoms with Crippen LogP contribution in [0.3, 0.4) is 0 Å².